The van der Waals surface area contributed by atoms with E-state index in [-0.39, 0.29) is 11.8 Å². The van der Waals surface area contributed by atoms with Crippen LogP contribution in [0.4, 0.5) is 0 Å². The lowest BCUT2D eigenvalue weighted by atomic mass is 9.80. The van der Waals surface area contributed by atoms with Crippen molar-refractivity contribution in [2.24, 2.45) is 18.2 Å². The molecule has 2 rings (SSSR count). The minimum Gasteiger partial charge on any atom is -0.379 e. The molecule has 2 N–H and O–H groups in total. The van der Waals surface area contributed by atoms with Gasteiger partial charge in [0.2, 0.25) is 0 Å². The van der Waals surface area contributed by atoms with E-state index in [1.165, 1.54) is 10.9 Å². The zero-order chi connectivity index (χ0) is 11.1. The molecule has 0 saturated carbocycles. The summed E-state index contributed by atoms with van der Waals surface area (Å²) >= 11 is 0. The number of Topliss-reactive ketones (excluding diaryl/α,β-unsaturated/α-hetero) is 1. The molecule has 1 saturated heterocycles. The molecule has 0 aliphatic carbocycles. The normalized spacial score (nSPS) is 30.7. The molecule has 1 aliphatic heterocycles. The summed E-state index contributed by atoms with van der Waals surface area (Å²) in [6, 6.07) is -0.264. The van der Waals surface area contributed by atoms with Crippen LogP contribution < -0.4 is 5.73 Å². The number of ketones is 1. The summed E-state index contributed by atoms with van der Waals surface area (Å²) in [6.07, 6.45) is 1.46. The van der Waals surface area contributed by atoms with Gasteiger partial charge in [0.25, 0.3) is 0 Å². The fourth-order valence-electron chi connectivity index (χ4n) is 1.71. The van der Waals surface area contributed by atoms with Crippen LogP contribution in [0.15, 0.2) is 6.20 Å². The molecule has 0 amide bonds. The van der Waals surface area contributed by atoms with Gasteiger partial charge in [-0.25, -0.2) is 4.68 Å². The van der Waals surface area contributed by atoms with E-state index in [0.717, 1.165) is 0 Å². The maximum atomic E-state index is 12.2. The number of carbonyl (C=O) groups excluding carboxylic acids is 1. The van der Waals surface area contributed by atoms with Gasteiger partial charge in [0.05, 0.1) is 24.8 Å². The van der Waals surface area contributed by atoms with Gasteiger partial charge in [0, 0.05) is 13.1 Å². The van der Waals surface area contributed by atoms with Crippen molar-refractivity contribution in [2.45, 2.75) is 13.0 Å². The van der Waals surface area contributed by atoms with Crippen LogP contribution in [0.2, 0.25) is 0 Å². The largest absolute Gasteiger partial charge is 0.379 e. The van der Waals surface area contributed by atoms with Crippen LogP contribution in [0.25, 0.3) is 0 Å². The van der Waals surface area contributed by atoms with E-state index in [2.05, 4.69) is 10.3 Å². The highest BCUT2D eigenvalue weighted by Crippen LogP contribution is 2.30. The van der Waals surface area contributed by atoms with Crippen molar-refractivity contribution in [2.75, 3.05) is 13.2 Å². The molecule has 1 aliphatic rings. The molecule has 6 nitrogen and oxygen atoms in total. The SMILES string of the molecule is Cn1nncc1C(=O)C1(C)COCC1N. The predicted molar refractivity (Wildman–Crippen MR) is 52.2 cm³/mol. The van der Waals surface area contributed by atoms with E-state index >= 15 is 0 Å². The van der Waals surface area contributed by atoms with Crippen LogP contribution in [0.1, 0.15) is 17.4 Å². The van der Waals surface area contributed by atoms with Gasteiger partial charge < -0.3 is 10.5 Å². The molecule has 2 unspecified atom stereocenters. The molecule has 15 heavy (non-hydrogen) atoms. The van der Waals surface area contributed by atoms with E-state index in [1.807, 2.05) is 6.92 Å². The summed E-state index contributed by atoms with van der Waals surface area (Å²) in [7, 11) is 1.69. The van der Waals surface area contributed by atoms with E-state index in [4.69, 9.17) is 10.5 Å². The van der Waals surface area contributed by atoms with Crippen LogP contribution in [0, 0.1) is 5.41 Å². The Morgan fingerprint density at radius 3 is 3.00 bits per heavy atom. The van der Waals surface area contributed by atoms with Gasteiger partial charge in [0.15, 0.2) is 5.78 Å². The smallest absolute Gasteiger partial charge is 0.192 e. The van der Waals surface area contributed by atoms with E-state index in [1.54, 1.807) is 7.05 Å². The molecule has 0 bridgehead atoms. The quantitative estimate of drug-likeness (QED) is 0.656. The zero-order valence-electron chi connectivity index (χ0n) is 8.80. The fraction of sp³-hybridized carbons (Fsp3) is 0.667. The van der Waals surface area contributed by atoms with Gasteiger partial charge in [0.1, 0.15) is 5.69 Å². The topological polar surface area (TPSA) is 83.0 Å². The molecule has 0 aromatic carbocycles. The van der Waals surface area contributed by atoms with Crippen molar-refractivity contribution in [3.63, 3.8) is 0 Å². The first kappa shape index (κ1) is 10.3. The first-order chi connectivity index (χ1) is 7.05. The number of rotatable bonds is 2. The molecule has 1 fully saturated rings. The van der Waals surface area contributed by atoms with Gasteiger partial charge in [-0.3, -0.25) is 4.79 Å². The minimum atomic E-state index is -0.657. The summed E-state index contributed by atoms with van der Waals surface area (Å²) in [5.74, 6) is -0.0556. The second-order valence-corrected chi connectivity index (χ2v) is 4.11. The number of hydrogen-bond donors (Lipinski definition) is 1. The maximum absolute atomic E-state index is 12.2. The Balaban J connectivity index is 2.32. The summed E-state index contributed by atoms with van der Waals surface area (Å²) in [6.45, 7) is 2.60. The molecule has 1 aromatic rings. The van der Waals surface area contributed by atoms with Crippen LogP contribution in [-0.2, 0) is 11.8 Å². The molecule has 82 valence electrons. The van der Waals surface area contributed by atoms with Crippen molar-refractivity contribution in [3.05, 3.63) is 11.9 Å². The molecule has 2 heterocycles. The summed E-state index contributed by atoms with van der Waals surface area (Å²) in [5.41, 5.74) is 5.69. The van der Waals surface area contributed by atoms with Crippen LogP contribution in [0.5, 0.6) is 0 Å². The Labute approximate surface area is 87.4 Å². The number of hydrogen-bond acceptors (Lipinski definition) is 5. The number of aryl methyl sites for hydroxylation is 1. The van der Waals surface area contributed by atoms with E-state index in [9.17, 15) is 4.79 Å². The molecular formula is C9H14N4O2. The average Bonchev–Trinajstić information content (AvgIpc) is 2.75. The Kier molecular flexibility index (Phi) is 2.32. The van der Waals surface area contributed by atoms with Crippen molar-refractivity contribution in [1.82, 2.24) is 15.0 Å². The van der Waals surface area contributed by atoms with E-state index < -0.39 is 5.41 Å². The van der Waals surface area contributed by atoms with Crippen LogP contribution >= 0.6 is 0 Å². The monoisotopic (exact) mass is 210 g/mol. The standard InChI is InChI=1S/C9H14N4O2/c1-9(5-15-4-7(9)10)8(14)6-3-11-12-13(6)2/h3,7H,4-5,10H2,1-2H3. The van der Waals surface area contributed by atoms with Gasteiger partial charge >= 0.3 is 0 Å². The fourth-order valence-corrected chi connectivity index (χ4v) is 1.71. The first-order valence-corrected chi connectivity index (χ1v) is 4.78. The number of aromatic nitrogens is 3. The lowest BCUT2D eigenvalue weighted by Crippen LogP contribution is -2.45. The molecule has 0 radical (unpaired) electrons. The van der Waals surface area contributed by atoms with Crippen LogP contribution in [0.3, 0.4) is 0 Å². The van der Waals surface area contributed by atoms with Gasteiger partial charge in [-0.1, -0.05) is 5.21 Å². The highest BCUT2D eigenvalue weighted by atomic mass is 16.5. The zero-order valence-corrected chi connectivity index (χ0v) is 8.80. The molecule has 1 aromatic heterocycles. The second kappa shape index (κ2) is 3.39. The molecule has 6 heteroatoms. The molecule has 2 atom stereocenters. The molecular weight excluding hydrogens is 196 g/mol. The van der Waals surface area contributed by atoms with Crippen LogP contribution in [-0.4, -0.2) is 40.0 Å². The number of nitrogens with zero attached hydrogens (tertiary/aromatic N) is 3. The number of carbonyl (C=O) groups is 1. The average molecular weight is 210 g/mol. The highest BCUT2D eigenvalue weighted by molar-refractivity contribution is 5.99. The Morgan fingerprint density at radius 2 is 2.53 bits per heavy atom. The maximum Gasteiger partial charge on any atom is 0.192 e. The lowest BCUT2D eigenvalue weighted by molar-refractivity contribution is 0.0757. The van der Waals surface area contributed by atoms with E-state index in [0.29, 0.717) is 18.9 Å². The Hall–Kier alpha value is -1.27. The van der Waals surface area contributed by atoms with Crippen molar-refractivity contribution in [1.29, 1.82) is 0 Å². The summed E-state index contributed by atoms with van der Waals surface area (Å²) in [5, 5.41) is 7.41. The second-order valence-electron chi connectivity index (χ2n) is 4.11. The summed E-state index contributed by atoms with van der Waals surface area (Å²) in [4.78, 5) is 12.2. The first-order valence-electron chi connectivity index (χ1n) is 4.78. The van der Waals surface area contributed by atoms with Gasteiger partial charge in [-0.05, 0) is 6.92 Å². The molecule has 0 spiro atoms. The van der Waals surface area contributed by atoms with Gasteiger partial charge in [-0.2, -0.15) is 0 Å². The Bertz CT molecular complexity index is 389. The minimum absolute atomic E-state index is 0.0556. The third-order valence-electron chi connectivity index (χ3n) is 2.98. The van der Waals surface area contributed by atoms with Gasteiger partial charge in [-0.15, -0.1) is 5.10 Å². The summed E-state index contributed by atoms with van der Waals surface area (Å²) < 4.78 is 6.69. The number of nitrogens with two attached hydrogens (primary N) is 1. The number of ether oxygens (including phenoxy) is 1. The van der Waals surface area contributed by atoms with Crippen molar-refractivity contribution in [3.8, 4) is 0 Å². The van der Waals surface area contributed by atoms with Crippen molar-refractivity contribution < 1.29 is 9.53 Å². The lowest BCUT2D eigenvalue weighted by Gasteiger charge is -2.24. The third kappa shape index (κ3) is 1.46. The van der Waals surface area contributed by atoms with Crippen molar-refractivity contribution >= 4 is 5.78 Å². The Morgan fingerprint density at radius 1 is 1.80 bits per heavy atom. The third-order valence-corrected chi connectivity index (χ3v) is 2.98. The predicted octanol–water partition coefficient (Wildman–Crippen LogP) is -0.638. The highest BCUT2D eigenvalue weighted by Gasteiger charge is 2.45.